The number of nitrogens with zero attached hydrogens (tertiary/aromatic N) is 1. The highest BCUT2D eigenvalue weighted by atomic mass is 32.2. The summed E-state index contributed by atoms with van der Waals surface area (Å²) in [4.78, 5) is 5.02. The van der Waals surface area contributed by atoms with E-state index in [1.54, 1.807) is 0 Å². The zero-order chi connectivity index (χ0) is 15.7. The summed E-state index contributed by atoms with van der Waals surface area (Å²) < 4.78 is 32.0. The fraction of sp³-hybridized carbons (Fsp3) is 0.733. The number of piperidine rings is 1. The molecule has 1 N–H and O–H groups in total. The van der Waals surface area contributed by atoms with Crippen LogP contribution in [0.2, 0.25) is 0 Å². The minimum Gasteiger partial charge on any atom is -0.376 e. The van der Waals surface area contributed by atoms with Crippen molar-refractivity contribution in [3.8, 4) is 0 Å². The molecule has 0 spiro atoms. The summed E-state index contributed by atoms with van der Waals surface area (Å²) in [5.74, 6) is 0.419. The lowest BCUT2D eigenvalue weighted by molar-refractivity contribution is -0.0821. The Balaban J connectivity index is 1.72. The number of ether oxygens (including phenoxy) is 1. The van der Waals surface area contributed by atoms with Gasteiger partial charge in [-0.3, -0.25) is 4.90 Å². The lowest BCUT2D eigenvalue weighted by Crippen LogP contribution is -2.60. The highest BCUT2D eigenvalue weighted by Gasteiger charge is 2.40. The maximum atomic E-state index is 11.7. The topological polar surface area (TPSA) is 58.6 Å². The van der Waals surface area contributed by atoms with Crippen LogP contribution in [0.25, 0.3) is 0 Å². The molecule has 0 aliphatic carbocycles. The van der Waals surface area contributed by atoms with Crippen LogP contribution in [0, 0.1) is 12.8 Å². The molecule has 0 radical (unpaired) electrons. The van der Waals surface area contributed by atoms with Crippen molar-refractivity contribution >= 4 is 21.4 Å². The van der Waals surface area contributed by atoms with Gasteiger partial charge in [0.25, 0.3) is 0 Å². The van der Waals surface area contributed by atoms with Crippen LogP contribution in [-0.4, -0.2) is 51.4 Å². The van der Waals surface area contributed by atoms with Crippen LogP contribution in [0.15, 0.2) is 12.1 Å². The number of hydrogen-bond donors (Lipinski definition) is 1. The summed E-state index contributed by atoms with van der Waals surface area (Å²) in [6, 6.07) is 4.17. The van der Waals surface area contributed by atoms with Crippen molar-refractivity contribution in [2.45, 2.75) is 38.5 Å². The number of thiophene rings is 1. The van der Waals surface area contributed by atoms with E-state index in [-0.39, 0.29) is 12.1 Å². The van der Waals surface area contributed by atoms with Gasteiger partial charge in [-0.25, -0.2) is 13.1 Å². The van der Waals surface area contributed by atoms with Crippen molar-refractivity contribution in [1.29, 1.82) is 0 Å². The number of rotatable bonds is 4. The minimum atomic E-state index is -3.22. The van der Waals surface area contributed by atoms with Crippen molar-refractivity contribution in [2.75, 3.05) is 26.0 Å². The Morgan fingerprint density at radius 1 is 1.41 bits per heavy atom. The van der Waals surface area contributed by atoms with E-state index in [2.05, 4.69) is 28.7 Å². The Bertz CT molecular complexity index is 614. The second-order valence-electron chi connectivity index (χ2n) is 6.44. The highest BCUT2D eigenvalue weighted by Crippen LogP contribution is 2.30. The normalized spacial score (nSPS) is 30.2. The van der Waals surface area contributed by atoms with Crippen LogP contribution in [0.5, 0.6) is 0 Å². The Kier molecular flexibility index (Phi) is 4.89. The van der Waals surface area contributed by atoms with Crippen LogP contribution >= 0.6 is 11.3 Å². The molecule has 1 aromatic rings. The highest BCUT2D eigenvalue weighted by molar-refractivity contribution is 7.88. The molecule has 0 saturated carbocycles. The smallest absolute Gasteiger partial charge is 0.209 e. The van der Waals surface area contributed by atoms with Crippen molar-refractivity contribution in [3.05, 3.63) is 21.9 Å². The molecule has 7 heteroatoms. The number of aryl methyl sites for hydroxylation is 1. The molecule has 2 fully saturated rings. The van der Waals surface area contributed by atoms with Gasteiger partial charge in [-0.2, -0.15) is 0 Å². The maximum Gasteiger partial charge on any atom is 0.209 e. The number of fused-ring (bicyclic) bond motifs is 1. The van der Waals surface area contributed by atoms with Gasteiger partial charge in [-0.05, 0) is 37.8 Å². The van der Waals surface area contributed by atoms with Crippen molar-refractivity contribution in [3.63, 3.8) is 0 Å². The first-order valence-electron chi connectivity index (χ1n) is 7.77. The van der Waals surface area contributed by atoms with Crippen LogP contribution in [-0.2, 0) is 21.3 Å². The summed E-state index contributed by atoms with van der Waals surface area (Å²) in [6.45, 7) is 5.45. The second-order valence-corrected chi connectivity index (χ2v) is 9.59. The van der Waals surface area contributed by atoms with E-state index in [1.807, 2.05) is 11.3 Å². The molecule has 3 rings (SSSR count). The molecule has 2 aliphatic rings. The molecule has 22 heavy (non-hydrogen) atoms. The third kappa shape index (κ3) is 4.08. The van der Waals surface area contributed by atoms with Gasteiger partial charge >= 0.3 is 0 Å². The summed E-state index contributed by atoms with van der Waals surface area (Å²) in [5.41, 5.74) is 0. The molecule has 1 aromatic heterocycles. The third-order valence-electron chi connectivity index (χ3n) is 4.38. The maximum absolute atomic E-state index is 11.7. The van der Waals surface area contributed by atoms with Gasteiger partial charge in [0.05, 0.1) is 18.4 Å². The summed E-state index contributed by atoms with van der Waals surface area (Å²) in [5, 5.41) is 0. The summed E-state index contributed by atoms with van der Waals surface area (Å²) >= 11 is 1.81. The molecule has 0 aromatic carbocycles. The Morgan fingerprint density at radius 2 is 2.23 bits per heavy atom. The molecule has 5 nitrogen and oxygen atoms in total. The fourth-order valence-corrected chi connectivity index (χ4v) is 5.28. The third-order valence-corrected chi connectivity index (χ3v) is 6.10. The predicted octanol–water partition coefficient (Wildman–Crippen LogP) is 1.59. The minimum absolute atomic E-state index is 0.0183. The van der Waals surface area contributed by atoms with Crippen molar-refractivity contribution < 1.29 is 13.2 Å². The van der Waals surface area contributed by atoms with E-state index in [0.717, 1.165) is 32.5 Å². The van der Waals surface area contributed by atoms with Crippen molar-refractivity contribution in [1.82, 2.24) is 9.62 Å². The second kappa shape index (κ2) is 6.57. The van der Waals surface area contributed by atoms with E-state index >= 15 is 0 Å². The SMILES string of the molecule is Cc1ccc(CN2C[C@@H]3CCCO[C@@H]3[C@H](NS(C)(=O)=O)C2)s1. The largest absolute Gasteiger partial charge is 0.376 e. The fourth-order valence-electron chi connectivity index (χ4n) is 3.59. The van der Waals surface area contributed by atoms with E-state index in [1.165, 1.54) is 16.0 Å². The summed E-state index contributed by atoms with van der Waals surface area (Å²) in [6.07, 6.45) is 3.43. The first-order chi connectivity index (χ1) is 10.4. The standard InChI is InChI=1S/C15H24N2O3S2/c1-11-5-6-13(21-11)9-17-8-12-4-3-7-20-15(12)14(10-17)16-22(2,18)19/h5-6,12,14-16H,3-4,7-10H2,1-2H3/t12-,14+,15-/m0/s1. The van der Waals surface area contributed by atoms with E-state index in [9.17, 15) is 8.42 Å². The van der Waals surface area contributed by atoms with Gasteiger partial charge in [-0.15, -0.1) is 11.3 Å². The molecular weight excluding hydrogens is 320 g/mol. The predicted molar refractivity (Wildman–Crippen MR) is 88.6 cm³/mol. The molecule has 3 heterocycles. The number of nitrogens with one attached hydrogen (secondary N) is 1. The van der Waals surface area contributed by atoms with Crippen LogP contribution in [0.1, 0.15) is 22.6 Å². The van der Waals surface area contributed by atoms with E-state index in [4.69, 9.17) is 4.74 Å². The van der Waals surface area contributed by atoms with Gasteiger partial charge in [0.2, 0.25) is 10.0 Å². The molecular formula is C15H24N2O3S2. The van der Waals surface area contributed by atoms with Crippen LogP contribution < -0.4 is 4.72 Å². The first-order valence-corrected chi connectivity index (χ1v) is 10.5. The molecule has 0 bridgehead atoms. The molecule has 124 valence electrons. The monoisotopic (exact) mass is 344 g/mol. The van der Waals surface area contributed by atoms with E-state index in [0.29, 0.717) is 12.5 Å². The van der Waals surface area contributed by atoms with E-state index < -0.39 is 10.0 Å². The number of hydrogen-bond acceptors (Lipinski definition) is 5. The molecule has 2 saturated heterocycles. The molecule has 2 aliphatic heterocycles. The summed E-state index contributed by atoms with van der Waals surface area (Å²) in [7, 11) is -3.22. The van der Waals surface area contributed by atoms with Gasteiger partial charge < -0.3 is 4.74 Å². The van der Waals surface area contributed by atoms with Crippen LogP contribution in [0.4, 0.5) is 0 Å². The number of sulfonamides is 1. The Morgan fingerprint density at radius 3 is 2.91 bits per heavy atom. The molecule has 0 unspecified atom stereocenters. The average Bonchev–Trinajstić information content (AvgIpc) is 2.82. The molecule has 0 amide bonds. The lowest BCUT2D eigenvalue weighted by Gasteiger charge is -2.45. The zero-order valence-corrected chi connectivity index (χ0v) is 14.8. The quantitative estimate of drug-likeness (QED) is 0.901. The Hall–Kier alpha value is -0.470. The van der Waals surface area contributed by atoms with Gasteiger partial charge in [-0.1, -0.05) is 0 Å². The lowest BCUT2D eigenvalue weighted by atomic mass is 9.86. The zero-order valence-electron chi connectivity index (χ0n) is 13.1. The molecule has 3 atom stereocenters. The Labute approximate surface area is 136 Å². The van der Waals surface area contributed by atoms with Gasteiger partial charge in [0.1, 0.15) is 0 Å². The van der Waals surface area contributed by atoms with Gasteiger partial charge in [0.15, 0.2) is 0 Å². The van der Waals surface area contributed by atoms with Crippen LogP contribution in [0.3, 0.4) is 0 Å². The van der Waals surface area contributed by atoms with Gasteiger partial charge in [0, 0.05) is 36.0 Å². The first kappa shape index (κ1) is 16.4. The number of likely N-dealkylation sites (tertiary alicyclic amines) is 1. The van der Waals surface area contributed by atoms with Crippen molar-refractivity contribution in [2.24, 2.45) is 5.92 Å². The average molecular weight is 345 g/mol.